The third-order valence-electron chi connectivity index (χ3n) is 6.20. The molecule has 1 saturated heterocycles. The SMILES string of the molecule is CN(C)CCNc1ccc(C#N)cc1N=C1SC(=C2Sc3ccccc3N2C)C(=O)N1Cc1ccccc1. The number of aliphatic imine (C=N–C) groups is 1. The number of nitriles is 1. The van der Waals surface area contributed by atoms with Gasteiger partial charge in [-0.15, -0.1) is 0 Å². The highest BCUT2D eigenvalue weighted by molar-refractivity contribution is 8.19. The van der Waals surface area contributed by atoms with Crippen molar-refractivity contribution in [3.63, 3.8) is 0 Å². The van der Waals surface area contributed by atoms with Gasteiger partial charge >= 0.3 is 0 Å². The molecule has 9 heteroatoms. The number of nitrogens with zero attached hydrogens (tertiary/aromatic N) is 5. The van der Waals surface area contributed by atoms with E-state index in [1.165, 1.54) is 11.8 Å². The molecule has 0 spiro atoms. The van der Waals surface area contributed by atoms with E-state index in [0.717, 1.165) is 40.0 Å². The zero-order valence-electron chi connectivity index (χ0n) is 21.5. The Balaban J connectivity index is 1.55. The Bertz CT molecular complexity index is 1460. The predicted molar refractivity (Wildman–Crippen MR) is 158 cm³/mol. The van der Waals surface area contributed by atoms with Gasteiger partial charge in [-0.2, -0.15) is 5.26 Å². The first-order valence-electron chi connectivity index (χ1n) is 12.2. The number of carbonyl (C=O) groups excluding carboxylic acids is 1. The molecule has 0 aromatic heterocycles. The van der Waals surface area contributed by atoms with Crippen LogP contribution in [0.25, 0.3) is 0 Å². The number of thioether (sulfide) groups is 2. The van der Waals surface area contributed by atoms with Crippen LogP contribution in [0.4, 0.5) is 17.1 Å². The first-order valence-corrected chi connectivity index (χ1v) is 13.9. The Morgan fingerprint density at radius 3 is 2.53 bits per heavy atom. The predicted octanol–water partition coefficient (Wildman–Crippen LogP) is 5.71. The number of benzene rings is 3. The van der Waals surface area contributed by atoms with Crippen molar-refractivity contribution in [2.75, 3.05) is 44.4 Å². The monoisotopic (exact) mass is 540 g/mol. The van der Waals surface area contributed by atoms with Crippen LogP contribution in [0.2, 0.25) is 0 Å². The molecule has 2 heterocycles. The fourth-order valence-electron chi connectivity index (χ4n) is 4.18. The number of nitrogens with one attached hydrogen (secondary N) is 1. The van der Waals surface area contributed by atoms with Crippen LogP contribution in [0, 0.1) is 11.3 Å². The van der Waals surface area contributed by atoms with Crippen molar-refractivity contribution in [1.29, 1.82) is 5.26 Å². The van der Waals surface area contributed by atoms with Crippen LogP contribution >= 0.6 is 23.5 Å². The summed E-state index contributed by atoms with van der Waals surface area (Å²) in [6, 6.07) is 25.7. The zero-order chi connectivity index (χ0) is 26.6. The normalized spacial score (nSPS) is 17.9. The van der Waals surface area contributed by atoms with Gasteiger partial charge in [0.25, 0.3) is 5.91 Å². The van der Waals surface area contributed by atoms with Crippen LogP contribution < -0.4 is 10.2 Å². The van der Waals surface area contributed by atoms with Crippen LogP contribution in [0.5, 0.6) is 0 Å². The van der Waals surface area contributed by atoms with E-state index in [1.807, 2.05) is 69.7 Å². The Morgan fingerprint density at radius 2 is 1.79 bits per heavy atom. The smallest absolute Gasteiger partial charge is 0.269 e. The summed E-state index contributed by atoms with van der Waals surface area (Å²) in [5, 5.41) is 14.5. The van der Waals surface area contributed by atoms with E-state index >= 15 is 0 Å². The van der Waals surface area contributed by atoms with Gasteiger partial charge in [0.05, 0.1) is 40.3 Å². The number of para-hydroxylation sites is 1. The summed E-state index contributed by atoms with van der Waals surface area (Å²) in [6.45, 7) is 1.99. The van der Waals surface area contributed by atoms with Crippen LogP contribution in [-0.2, 0) is 11.3 Å². The van der Waals surface area contributed by atoms with Crippen molar-refractivity contribution < 1.29 is 4.79 Å². The molecule has 1 fully saturated rings. The van der Waals surface area contributed by atoms with Crippen molar-refractivity contribution in [3.8, 4) is 6.07 Å². The number of hydrogen-bond acceptors (Lipinski definition) is 8. The minimum absolute atomic E-state index is 0.0710. The summed E-state index contributed by atoms with van der Waals surface area (Å²) in [5.74, 6) is -0.0710. The lowest BCUT2D eigenvalue weighted by molar-refractivity contribution is -0.122. The molecule has 0 aliphatic carbocycles. The van der Waals surface area contributed by atoms with Gasteiger partial charge in [0.2, 0.25) is 0 Å². The van der Waals surface area contributed by atoms with Gasteiger partial charge in [-0.25, -0.2) is 4.99 Å². The molecule has 192 valence electrons. The number of amides is 1. The zero-order valence-corrected chi connectivity index (χ0v) is 23.1. The second-order valence-electron chi connectivity index (χ2n) is 9.21. The Morgan fingerprint density at radius 1 is 1.03 bits per heavy atom. The molecule has 2 aliphatic heterocycles. The number of carbonyl (C=O) groups is 1. The third-order valence-corrected chi connectivity index (χ3v) is 8.63. The topological polar surface area (TPSA) is 75.0 Å². The fourth-order valence-corrected chi connectivity index (χ4v) is 6.52. The molecule has 38 heavy (non-hydrogen) atoms. The molecular formula is C29H28N6OS2. The lowest BCUT2D eigenvalue weighted by Gasteiger charge is -2.17. The van der Waals surface area contributed by atoms with Crippen molar-refractivity contribution in [2.24, 2.45) is 4.99 Å². The maximum atomic E-state index is 13.9. The number of amidine groups is 1. The minimum Gasteiger partial charge on any atom is -0.382 e. The highest BCUT2D eigenvalue weighted by Gasteiger charge is 2.39. The largest absolute Gasteiger partial charge is 0.382 e. The molecule has 2 aliphatic rings. The van der Waals surface area contributed by atoms with Gasteiger partial charge in [0.1, 0.15) is 4.91 Å². The van der Waals surface area contributed by atoms with E-state index in [-0.39, 0.29) is 5.91 Å². The van der Waals surface area contributed by atoms with E-state index in [1.54, 1.807) is 28.8 Å². The molecule has 0 atom stereocenters. The third kappa shape index (κ3) is 5.43. The van der Waals surface area contributed by atoms with Crippen molar-refractivity contribution in [3.05, 3.63) is 93.9 Å². The molecule has 0 bridgehead atoms. The Kier molecular flexibility index (Phi) is 7.74. The standard InChI is InChI=1S/C29H28N6OS2/c1-33(2)16-15-31-22-14-13-21(18-30)17-23(22)32-29-35(19-20-9-5-4-6-10-20)27(36)26(38-29)28-34(3)24-11-7-8-12-25(24)37-28/h4-14,17,31H,15-16,19H2,1-3H3. The summed E-state index contributed by atoms with van der Waals surface area (Å²) >= 11 is 3.00. The summed E-state index contributed by atoms with van der Waals surface area (Å²) in [6.07, 6.45) is 0. The van der Waals surface area contributed by atoms with Crippen molar-refractivity contribution in [1.82, 2.24) is 9.80 Å². The molecule has 1 N–H and O–H groups in total. The molecule has 5 rings (SSSR count). The Labute approximate surface area is 231 Å². The van der Waals surface area contributed by atoms with Crippen LogP contribution in [-0.4, -0.2) is 55.1 Å². The molecule has 0 saturated carbocycles. The first-order chi connectivity index (χ1) is 18.4. The second kappa shape index (κ2) is 11.4. The van der Waals surface area contributed by atoms with Crippen LogP contribution in [0.15, 0.2) is 92.6 Å². The molecule has 3 aromatic carbocycles. The van der Waals surface area contributed by atoms with Gasteiger partial charge in [0.15, 0.2) is 5.17 Å². The maximum Gasteiger partial charge on any atom is 0.269 e. The lowest BCUT2D eigenvalue weighted by Crippen LogP contribution is -2.29. The first kappa shape index (κ1) is 25.9. The van der Waals surface area contributed by atoms with Crippen LogP contribution in [0.3, 0.4) is 0 Å². The molecule has 0 radical (unpaired) electrons. The van der Waals surface area contributed by atoms with E-state index in [9.17, 15) is 10.1 Å². The van der Waals surface area contributed by atoms with Gasteiger partial charge in [0, 0.05) is 25.0 Å². The summed E-state index contributed by atoms with van der Waals surface area (Å²) in [5.41, 5.74) is 4.09. The summed E-state index contributed by atoms with van der Waals surface area (Å²) in [7, 11) is 6.04. The minimum atomic E-state index is -0.0710. The van der Waals surface area contributed by atoms with E-state index in [2.05, 4.69) is 33.3 Å². The summed E-state index contributed by atoms with van der Waals surface area (Å²) in [4.78, 5) is 26.6. The molecule has 0 unspecified atom stereocenters. The molecule has 7 nitrogen and oxygen atoms in total. The number of rotatable bonds is 7. The summed E-state index contributed by atoms with van der Waals surface area (Å²) < 4.78 is 0. The van der Waals surface area contributed by atoms with Crippen molar-refractivity contribution in [2.45, 2.75) is 11.4 Å². The number of fused-ring (bicyclic) bond motifs is 1. The van der Waals surface area contributed by atoms with Crippen LogP contribution in [0.1, 0.15) is 11.1 Å². The lowest BCUT2D eigenvalue weighted by atomic mass is 10.2. The van der Waals surface area contributed by atoms with Gasteiger partial charge in [-0.3, -0.25) is 9.69 Å². The van der Waals surface area contributed by atoms with E-state index in [4.69, 9.17) is 4.99 Å². The average molecular weight is 541 g/mol. The highest BCUT2D eigenvalue weighted by Crippen LogP contribution is 2.50. The fraction of sp³-hybridized carbons (Fsp3) is 0.207. The van der Waals surface area contributed by atoms with E-state index < -0.39 is 0 Å². The second-order valence-corrected chi connectivity index (χ2v) is 11.2. The Hall–Kier alpha value is -3.71. The molecule has 3 aromatic rings. The van der Waals surface area contributed by atoms with Gasteiger partial charge in [-0.1, -0.05) is 54.2 Å². The highest BCUT2D eigenvalue weighted by atomic mass is 32.2. The quantitative estimate of drug-likeness (QED) is 0.385. The maximum absolute atomic E-state index is 13.9. The number of likely N-dealkylation sites (N-methyl/N-ethyl adjacent to an activating group) is 1. The van der Waals surface area contributed by atoms with Gasteiger partial charge in [-0.05, 0) is 61.8 Å². The number of hydrogen-bond donors (Lipinski definition) is 1. The molecular weight excluding hydrogens is 512 g/mol. The molecule has 1 amide bonds. The average Bonchev–Trinajstić information content (AvgIpc) is 3.41. The number of anilines is 2. The van der Waals surface area contributed by atoms with E-state index in [0.29, 0.717) is 27.9 Å². The van der Waals surface area contributed by atoms with Crippen molar-refractivity contribution >= 4 is 51.7 Å². The van der Waals surface area contributed by atoms with Gasteiger partial charge < -0.3 is 15.1 Å².